The van der Waals surface area contributed by atoms with Gasteiger partial charge in [-0.1, -0.05) is 51.1 Å². The molecule has 0 saturated heterocycles. The van der Waals surface area contributed by atoms with Crippen LogP contribution in [0.3, 0.4) is 0 Å². The summed E-state index contributed by atoms with van der Waals surface area (Å²) in [5.74, 6) is -0.698. The van der Waals surface area contributed by atoms with E-state index in [1.807, 2.05) is 50.4 Å². The number of carbonyl (C=O) groups is 2. The lowest BCUT2D eigenvalue weighted by Gasteiger charge is -2.27. The Labute approximate surface area is 206 Å². The Morgan fingerprint density at radius 1 is 1.12 bits per heavy atom. The number of primary amides is 1. The Bertz CT molecular complexity index is 1140. The molecule has 1 heterocycles. The van der Waals surface area contributed by atoms with Crippen molar-refractivity contribution in [3.63, 3.8) is 0 Å². The van der Waals surface area contributed by atoms with Crippen LogP contribution < -0.4 is 11.1 Å². The molecule has 0 radical (unpaired) electrons. The molecule has 34 heavy (non-hydrogen) atoms. The molecule has 2 unspecified atom stereocenters. The number of benzene rings is 2. The minimum Gasteiger partial charge on any atom is -0.378 e. The molecule has 0 bridgehead atoms. The lowest BCUT2D eigenvalue weighted by molar-refractivity contribution is 0.0784. The highest BCUT2D eigenvalue weighted by Crippen LogP contribution is 2.35. The van der Waals surface area contributed by atoms with Gasteiger partial charge in [0.25, 0.3) is 5.91 Å². The van der Waals surface area contributed by atoms with Gasteiger partial charge in [-0.05, 0) is 48.9 Å². The first kappa shape index (κ1) is 25.4. The van der Waals surface area contributed by atoms with Gasteiger partial charge in [-0.2, -0.15) is 0 Å². The number of aryl methyl sites for hydroxylation is 1. The third-order valence-electron chi connectivity index (χ3n) is 6.16. The summed E-state index contributed by atoms with van der Waals surface area (Å²) in [4.78, 5) is 32.4. The molecule has 0 aliphatic carbocycles. The largest absolute Gasteiger partial charge is 0.378 e. The van der Waals surface area contributed by atoms with Crippen molar-refractivity contribution in [1.29, 1.82) is 0 Å². The molecule has 3 N–H and O–H groups in total. The molecular weight excluding hydrogens is 444 g/mol. The number of nitrogens with one attached hydrogen (secondary N) is 1. The van der Waals surface area contributed by atoms with E-state index >= 15 is 0 Å². The van der Waals surface area contributed by atoms with E-state index in [1.54, 1.807) is 18.0 Å². The first-order valence-electron chi connectivity index (χ1n) is 11.7. The second kappa shape index (κ2) is 11.3. The van der Waals surface area contributed by atoms with Gasteiger partial charge in [0.1, 0.15) is 5.01 Å². The van der Waals surface area contributed by atoms with Crippen molar-refractivity contribution >= 4 is 28.8 Å². The third kappa shape index (κ3) is 5.65. The number of carbonyl (C=O) groups excluding carboxylic acids is 2. The Kier molecular flexibility index (Phi) is 8.45. The van der Waals surface area contributed by atoms with Gasteiger partial charge in [0.2, 0.25) is 5.91 Å². The number of anilines is 1. The normalized spacial score (nSPS) is 12.7. The Morgan fingerprint density at radius 2 is 1.82 bits per heavy atom. The fourth-order valence-corrected chi connectivity index (χ4v) is 4.96. The standard InChI is InChI=1S/C27H34N4O2S/c1-6-17(3)24-20(26(28)32)13-14-22(30-21(7-2)19-11-9-8-10-12-19)25(24)27(33)31(5)15-23-29-18(4)16-34-23/h8-14,16-17,21,30H,6-7,15H2,1-5H3,(H2,28,32). The van der Waals surface area contributed by atoms with E-state index < -0.39 is 5.91 Å². The molecule has 0 aliphatic rings. The van der Waals surface area contributed by atoms with Crippen molar-refractivity contribution < 1.29 is 9.59 Å². The maximum Gasteiger partial charge on any atom is 0.256 e. The molecule has 3 aromatic rings. The van der Waals surface area contributed by atoms with Crippen molar-refractivity contribution in [1.82, 2.24) is 9.88 Å². The number of hydrogen-bond donors (Lipinski definition) is 2. The zero-order valence-corrected chi connectivity index (χ0v) is 21.4. The van der Waals surface area contributed by atoms with Crippen molar-refractivity contribution in [2.75, 3.05) is 12.4 Å². The Morgan fingerprint density at radius 3 is 2.38 bits per heavy atom. The smallest absolute Gasteiger partial charge is 0.256 e. The van der Waals surface area contributed by atoms with E-state index in [0.29, 0.717) is 28.9 Å². The summed E-state index contributed by atoms with van der Waals surface area (Å²) in [6.45, 7) is 8.52. The summed E-state index contributed by atoms with van der Waals surface area (Å²) in [5, 5.41) is 6.44. The number of nitrogens with zero attached hydrogens (tertiary/aromatic N) is 2. The predicted octanol–water partition coefficient (Wildman–Crippen LogP) is 5.90. The number of hydrogen-bond acceptors (Lipinski definition) is 5. The highest BCUT2D eigenvalue weighted by Gasteiger charge is 2.28. The number of nitrogens with two attached hydrogens (primary N) is 1. The topological polar surface area (TPSA) is 88.3 Å². The van der Waals surface area contributed by atoms with Crippen LogP contribution in [0.15, 0.2) is 47.8 Å². The number of aromatic nitrogens is 1. The molecule has 180 valence electrons. The van der Waals surface area contributed by atoms with E-state index in [2.05, 4.69) is 29.4 Å². The summed E-state index contributed by atoms with van der Waals surface area (Å²) in [6.07, 6.45) is 1.61. The van der Waals surface area contributed by atoms with Gasteiger partial charge >= 0.3 is 0 Å². The van der Waals surface area contributed by atoms with Crippen LogP contribution in [0.4, 0.5) is 5.69 Å². The van der Waals surface area contributed by atoms with E-state index in [-0.39, 0.29) is 17.9 Å². The van der Waals surface area contributed by atoms with E-state index in [1.165, 1.54) is 11.3 Å². The molecule has 0 fully saturated rings. The summed E-state index contributed by atoms with van der Waals surface area (Å²) in [7, 11) is 1.77. The summed E-state index contributed by atoms with van der Waals surface area (Å²) >= 11 is 1.53. The molecule has 2 aromatic carbocycles. The summed E-state index contributed by atoms with van der Waals surface area (Å²) in [5.41, 5.74) is 10.2. The average Bonchev–Trinajstić information content (AvgIpc) is 3.25. The van der Waals surface area contributed by atoms with Crippen LogP contribution in [0.25, 0.3) is 0 Å². The molecule has 6 nitrogen and oxygen atoms in total. The predicted molar refractivity (Wildman–Crippen MR) is 139 cm³/mol. The van der Waals surface area contributed by atoms with Gasteiger partial charge < -0.3 is 16.0 Å². The van der Waals surface area contributed by atoms with Crippen LogP contribution in [-0.4, -0.2) is 28.7 Å². The highest BCUT2D eigenvalue weighted by atomic mass is 32.1. The van der Waals surface area contributed by atoms with Crippen LogP contribution in [0.2, 0.25) is 0 Å². The Hall–Kier alpha value is -3.19. The Balaban J connectivity index is 2.11. The minimum absolute atomic E-state index is 0.0175. The lowest BCUT2D eigenvalue weighted by Crippen LogP contribution is -2.30. The van der Waals surface area contributed by atoms with E-state index in [0.717, 1.165) is 29.1 Å². The van der Waals surface area contributed by atoms with Gasteiger partial charge in [-0.15, -0.1) is 11.3 Å². The molecule has 3 rings (SSSR count). The van der Waals surface area contributed by atoms with Crippen molar-refractivity contribution in [2.45, 2.75) is 59.0 Å². The SMILES string of the molecule is CCC(C)c1c(C(N)=O)ccc(NC(CC)c2ccccc2)c1C(=O)N(C)Cc1nc(C)cs1. The average molecular weight is 479 g/mol. The first-order chi connectivity index (χ1) is 16.3. The van der Waals surface area contributed by atoms with Gasteiger partial charge in [-0.25, -0.2) is 4.98 Å². The van der Waals surface area contributed by atoms with E-state index in [4.69, 9.17) is 5.73 Å². The maximum atomic E-state index is 13.9. The number of amides is 2. The van der Waals surface area contributed by atoms with Crippen LogP contribution in [0.1, 0.15) is 88.1 Å². The molecule has 0 saturated carbocycles. The van der Waals surface area contributed by atoms with Gasteiger partial charge in [0.15, 0.2) is 0 Å². The van der Waals surface area contributed by atoms with Gasteiger partial charge in [0, 0.05) is 29.4 Å². The molecule has 2 amide bonds. The van der Waals surface area contributed by atoms with Crippen LogP contribution >= 0.6 is 11.3 Å². The van der Waals surface area contributed by atoms with Crippen molar-refractivity contribution in [3.8, 4) is 0 Å². The minimum atomic E-state index is -0.524. The summed E-state index contributed by atoms with van der Waals surface area (Å²) < 4.78 is 0. The number of rotatable bonds is 10. The second-order valence-electron chi connectivity index (χ2n) is 8.68. The molecule has 1 aromatic heterocycles. The van der Waals surface area contributed by atoms with Crippen LogP contribution in [0, 0.1) is 6.92 Å². The number of thiazole rings is 1. The van der Waals surface area contributed by atoms with Gasteiger partial charge in [0.05, 0.1) is 18.2 Å². The maximum absolute atomic E-state index is 13.9. The molecular formula is C27H34N4O2S. The zero-order valence-electron chi connectivity index (χ0n) is 20.6. The monoisotopic (exact) mass is 478 g/mol. The highest BCUT2D eigenvalue weighted by molar-refractivity contribution is 7.09. The van der Waals surface area contributed by atoms with Crippen molar-refractivity contribution in [2.24, 2.45) is 5.73 Å². The first-order valence-corrected chi connectivity index (χ1v) is 12.6. The van der Waals surface area contributed by atoms with Gasteiger partial charge in [-0.3, -0.25) is 9.59 Å². The molecule has 0 spiro atoms. The summed E-state index contributed by atoms with van der Waals surface area (Å²) in [6, 6.07) is 13.7. The molecule has 0 aliphatic heterocycles. The van der Waals surface area contributed by atoms with Crippen LogP contribution in [0.5, 0.6) is 0 Å². The third-order valence-corrected chi connectivity index (χ3v) is 7.11. The second-order valence-corrected chi connectivity index (χ2v) is 9.63. The fraction of sp³-hybridized carbons (Fsp3) is 0.370. The quantitative estimate of drug-likeness (QED) is 0.380. The van der Waals surface area contributed by atoms with Crippen molar-refractivity contribution in [3.05, 3.63) is 80.8 Å². The van der Waals surface area contributed by atoms with E-state index in [9.17, 15) is 9.59 Å². The zero-order chi connectivity index (χ0) is 24.8. The molecule has 2 atom stereocenters. The lowest BCUT2D eigenvalue weighted by atomic mass is 9.87. The van der Waals surface area contributed by atoms with Crippen LogP contribution in [-0.2, 0) is 6.54 Å². The fourth-order valence-electron chi connectivity index (χ4n) is 4.14. The molecule has 7 heteroatoms.